The van der Waals surface area contributed by atoms with Crippen LogP contribution >= 0.6 is 0 Å². The van der Waals surface area contributed by atoms with Crippen molar-refractivity contribution < 1.29 is 4.79 Å². The van der Waals surface area contributed by atoms with Crippen LogP contribution in [-0.2, 0) is 0 Å². The normalized spacial score (nSPS) is 10.8. The number of fused-ring (bicyclic) bond motifs is 1. The SMILES string of the molecule is CCCC(=O)n1cnc2c(=O)[nH]c(N)nc21. The molecule has 7 nitrogen and oxygen atoms in total. The van der Waals surface area contributed by atoms with E-state index in [2.05, 4.69) is 15.0 Å². The van der Waals surface area contributed by atoms with Crippen LogP contribution in [0.25, 0.3) is 11.2 Å². The number of hydrogen-bond donors (Lipinski definition) is 2. The highest BCUT2D eigenvalue weighted by atomic mass is 16.2. The number of nitrogen functional groups attached to an aromatic ring is 1. The van der Waals surface area contributed by atoms with Crippen molar-refractivity contribution in [1.29, 1.82) is 0 Å². The Labute approximate surface area is 90.3 Å². The second kappa shape index (κ2) is 3.76. The smallest absolute Gasteiger partial charge is 0.280 e. The summed E-state index contributed by atoms with van der Waals surface area (Å²) < 4.78 is 1.25. The number of hydrogen-bond acceptors (Lipinski definition) is 5. The van der Waals surface area contributed by atoms with Crippen LogP contribution in [0.2, 0.25) is 0 Å². The summed E-state index contributed by atoms with van der Waals surface area (Å²) in [4.78, 5) is 33.2. The number of H-pyrrole nitrogens is 1. The fourth-order valence-corrected chi connectivity index (χ4v) is 1.44. The standard InChI is InChI=1S/C9H11N5O2/c1-2-3-5(15)14-4-11-6-7(14)12-9(10)13-8(6)16/h4H,2-3H2,1H3,(H3,10,12,13,16). The summed E-state index contributed by atoms with van der Waals surface area (Å²) in [6.07, 6.45) is 2.39. The summed E-state index contributed by atoms with van der Waals surface area (Å²) in [7, 11) is 0. The molecule has 0 unspecified atom stereocenters. The fourth-order valence-electron chi connectivity index (χ4n) is 1.44. The molecule has 2 heterocycles. The molecule has 3 N–H and O–H groups in total. The second-order valence-electron chi connectivity index (χ2n) is 3.38. The molecule has 84 valence electrons. The highest BCUT2D eigenvalue weighted by Gasteiger charge is 2.13. The Morgan fingerprint density at radius 2 is 2.38 bits per heavy atom. The lowest BCUT2D eigenvalue weighted by Gasteiger charge is -2.00. The van der Waals surface area contributed by atoms with Gasteiger partial charge in [0.25, 0.3) is 5.56 Å². The highest BCUT2D eigenvalue weighted by Crippen LogP contribution is 2.07. The van der Waals surface area contributed by atoms with Crippen molar-refractivity contribution >= 4 is 23.0 Å². The maximum absolute atomic E-state index is 11.7. The van der Waals surface area contributed by atoms with Crippen molar-refractivity contribution in [2.75, 3.05) is 5.73 Å². The molecule has 16 heavy (non-hydrogen) atoms. The topological polar surface area (TPSA) is 107 Å². The summed E-state index contributed by atoms with van der Waals surface area (Å²) in [5.41, 5.74) is 5.30. The van der Waals surface area contributed by atoms with Gasteiger partial charge in [-0.15, -0.1) is 0 Å². The lowest BCUT2D eigenvalue weighted by Crippen LogP contribution is -2.14. The number of carbonyl (C=O) groups excluding carboxylic acids is 1. The van der Waals surface area contributed by atoms with Crippen LogP contribution < -0.4 is 11.3 Å². The van der Waals surface area contributed by atoms with Crippen LogP contribution in [0.1, 0.15) is 24.6 Å². The number of carbonyl (C=O) groups is 1. The third-order valence-electron chi connectivity index (χ3n) is 2.16. The first-order chi connectivity index (χ1) is 7.63. The molecule has 0 spiro atoms. The van der Waals surface area contributed by atoms with Crippen LogP contribution in [0.4, 0.5) is 5.95 Å². The predicted octanol–water partition coefficient (Wildman–Crippen LogP) is 0.142. The number of nitrogens with one attached hydrogen (secondary N) is 1. The quantitative estimate of drug-likeness (QED) is 0.750. The van der Waals surface area contributed by atoms with Crippen molar-refractivity contribution in [2.24, 2.45) is 0 Å². The van der Waals surface area contributed by atoms with Crippen LogP contribution in [-0.4, -0.2) is 25.4 Å². The summed E-state index contributed by atoms with van der Waals surface area (Å²) in [6, 6.07) is 0. The van der Waals surface area contributed by atoms with Gasteiger partial charge in [0.2, 0.25) is 11.9 Å². The summed E-state index contributed by atoms with van der Waals surface area (Å²) >= 11 is 0. The summed E-state index contributed by atoms with van der Waals surface area (Å²) in [5, 5.41) is 0. The Bertz CT molecular complexity index is 597. The first-order valence-electron chi connectivity index (χ1n) is 4.89. The zero-order valence-corrected chi connectivity index (χ0v) is 8.73. The highest BCUT2D eigenvalue weighted by molar-refractivity contribution is 5.88. The molecule has 0 radical (unpaired) electrons. The van der Waals surface area contributed by atoms with E-state index < -0.39 is 5.56 Å². The van der Waals surface area contributed by atoms with E-state index in [9.17, 15) is 9.59 Å². The molecule has 0 bridgehead atoms. The lowest BCUT2D eigenvalue weighted by atomic mass is 10.3. The molecule has 0 fully saturated rings. The Morgan fingerprint density at radius 3 is 3.06 bits per heavy atom. The molecule has 0 saturated heterocycles. The van der Waals surface area contributed by atoms with Gasteiger partial charge in [-0.3, -0.25) is 19.1 Å². The van der Waals surface area contributed by atoms with Gasteiger partial charge in [0.1, 0.15) is 6.33 Å². The van der Waals surface area contributed by atoms with Crippen LogP contribution in [0.5, 0.6) is 0 Å². The van der Waals surface area contributed by atoms with Crippen molar-refractivity contribution in [1.82, 2.24) is 19.5 Å². The molecule has 0 saturated carbocycles. The van der Waals surface area contributed by atoms with Gasteiger partial charge in [-0.25, -0.2) is 4.98 Å². The Hall–Kier alpha value is -2.18. The second-order valence-corrected chi connectivity index (χ2v) is 3.38. The minimum atomic E-state index is -0.439. The predicted molar refractivity (Wildman–Crippen MR) is 58.1 cm³/mol. The molecule has 0 amide bonds. The largest absolute Gasteiger partial charge is 0.369 e. The van der Waals surface area contributed by atoms with Crippen molar-refractivity contribution in [3.8, 4) is 0 Å². The third kappa shape index (κ3) is 1.56. The van der Waals surface area contributed by atoms with Gasteiger partial charge >= 0.3 is 0 Å². The lowest BCUT2D eigenvalue weighted by molar-refractivity contribution is 0.0906. The summed E-state index contributed by atoms with van der Waals surface area (Å²) in [6.45, 7) is 1.89. The van der Waals surface area contributed by atoms with Gasteiger partial charge in [0.15, 0.2) is 11.2 Å². The summed E-state index contributed by atoms with van der Waals surface area (Å²) in [5.74, 6) is -0.175. The number of rotatable bonds is 2. The molecular formula is C9H11N5O2. The average Bonchev–Trinajstić information content (AvgIpc) is 2.61. The molecule has 0 aliphatic rings. The Kier molecular flexibility index (Phi) is 2.43. The number of nitrogens with two attached hydrogens (primary N) is 1. The van der Waals surface area contributed by atoms with Gasteiger partial charge < -0.3 is 5.73 Å². The molecule has 2 aromatic heterocycles. The van der Waals surface area contributed by atoms with E-state index in [4.69, 9.17) is 5.73 Å². The Morgan fingerprint density at radius 1 is 1.62 bits per heavy atom. The van der Waals surface area contributed by atoms with E-state index in [1.165, 1.54) is 10.9 Å². The van der Waals surface area contributed by atoms with E-state index in [1.807, 2.05) is 6.92 Å². The van der Waals surface area contributed by atoms with E-state index >= 15 is 0 Å². The molecule has 0 aromatic carbocycles. The van der Waals surface area contributed by atoms with Gasteiger partial charge in [-0.1, -0.05) is 6.92 Å². The van der Waals surface area contributed by atoms with Gasteiger partial charge in [-0.2, -0.15) is 4.98 Å². The van der Waals surface area contributed by atoms with Crippen LogP contribution in [0.15, 0.2) is 11.1 Å². The Balaban J connectivity index is 2.64. The van der Waals surface area contributed by atoms with Crippen molar-refractivity contribution in [3.05, 3.63) is 16.7 Å². The number of anilines is 1. The minimum absolute atomic E-state index is 0.0245. The maximum atomic E-state index is 11.7. The number of aromatic nitrogens is 4. The van der Waals surface area contributed by atoms with E-state index in [-0.39, 0.29) is 23.0 Å². The molecule has 2 rings (SSSR count). The fraction of sp³-hybridized carbons (Fsp3) is 0.333. The first kappa shape index (κ1) is 10.3. The number of aromatic amines is 1. The van der Waals surface area contributed by atoms with Crippen molar-refractivity contribution in [2.45, 2.75) is 19.8 Å². The zero-order valence-electron chi connectivity index (χ0n) is 8.73. The van der Waals surface area contributed by atoms with Gasteiger partial charge in [-0.05, 0) is 6.42 Å². The molecule has 0 aliphatic carbocycles. The van der Waals surface area contributed by atoms with E-state index in [0.717, 1.165) is 6.42 Å². The van der Waals surface area contributed by atoms with E-state index in [1.54, 1.807) is 0 Å². The van der Waals surface area contributed by atoms with Gasteiger partial charge in [0, 0.05) is 6.42 Å². The zero-order chi connectivity index (χ0) is 11.7. The van der Waals surface area contributed by atoms with Gasteiger partial charge in [0.05, 0.1) is 0 Å². The van der Waals surface area contributed by atoms with Crippen molar-refractivity contribution in [3.63, 3.8) is 0 Å². The van der Waals surface area contributed by atoms with Crippen LogP contribution in [0, 0.1) is 0 Å². The van der Waals surface area contributed by atoms with E-state index in [0.29, 0.717) is 6.42 Å². The molecule has 2 aromatic rings. The minimum Gasteiger partial charge on any atom is -0.369 e. The molecule has 0 atom stereocenters. The number of imidazole rings is 1. The molecular weight excluding hydrogens is 210 g/mol. The maximum Gasteiger partial charge on any atom is 0.280 e. The molecule has 7 heteroatoms. The average molecular weight is 221 g/mol. The van der Waals surface area contributed by atoms with Crippen LogP contribution in [0.3, 0.4) is 0 Å². The monoisotopic (exact) mass is 221 g/mol. The molecule has 0 aliphatic heterocycles. The number of nitrogens with zero attached hydrogens (tertiary/aromatic N) is 3. The first-order valence-corrected chi connectivity index (χ1v) is 4.89. The third-order valence-corrected chi connectivity index (χ3v) is 2.16.